The second-order valence-electron chi connectivity index (χ2n) is 6.81. The van der Waals surface area contributed by atoms with Crippen LogP contribution < -0.4 is 15.8 Å². The van der Waals surface area contributed by atoms with Gasteiger partial charge in [-0.3, -0.25) is 9.69 Å². The normalized spacial score (nSPS) is 18.9. The van der Waals surface area contributed by atoms with Gasteiger partial charge in [-0.2, -0.15) is 8.78 Å². The van der Waals surface area contributed by atoms with E-state index in [4.69, 9.17) is 5.73 Å². The van der Waals surface area contributed by atoms with Gasteiger partial charge in [0.1, 0.15) is 5.75 Å². The molecule has 1 amide bonds. The van der Waals surface area contributed by atoms with E-state index in [2.05, 4.69) is 22.0 Å². The number of nitrogens with one attached hydrogen (secondary N) is 1. The number of anilines is 1. The van der Waals surface area contributed by atoms with Crippen molar-refractivity contribution in [3.63, 3.8) is 0 Å². The van der Waals surface area contributed by atoms with Crippen molar-refractivity contribution in [1.29, 1.82) is 0 Å². The number of carbonyl (C=O) groups excluding carboxylic acids is 1. The number of nitrogens with zero attached hydrogens (tertiary/aromatic N) is 2. The van der Waals surface area contributed by atoms with Crippen molar-refractivity contribution in [2.75, 3.05) is 18.9 Å². The Bertz CT molecular complexity index is 902. The molecule has 154 valence electrons. The maximum absolute atomic E-state index is 13.2. The zero-order valence-electron chi connectivity index (χ0n) is 16.4. The number of benzene rings is 2. The molecule has 1 unspecified atom stereocenters. The molecule has 2 aromatic carbocycles. The average Bonchev–Trinajstić information content (AvgIpc) is 2.93. The Morgan fingerprint density at radius 3 is 2.52 bits per heavy atom. The SMILES string of the molecule is CCCCNc1cccc(C2(c3ccc(OC(F)F)cc3)N=C(N)N(C)C2=O)c1. The second kappa shape index (κ2) is 8.46. The van der Waals surface area contributed by atoms with E-state index >= 15 is 0 Å². The summed E-state index contributed by atoms with van der Waals surface area (Å²) in [5.74, 6) is -0.222. The molecule has 1 aliphatic heterocycles. The Hall–Kier alpha value is -3.16. The van der Waals surface area contributed by atoms with Gasteiger partial charge in [0.15, 0.2) is 11.5 Å². The number of unbranched alkanes of at least 4 members (excludes halogenated alkanes) is 1. The third-order valence-electron chi connectivity index (χ3n) is 4.88. The summed E-state index contributed by atoms with van der Waals surface area (Å²) in [4.78, 5) is 19.0. The van der Waals surface area contributed by atoms with Gasteiger partial charge in [-0.1, -0.05) is 37.6 Å². The number of nitrogens with two attached hydrogens (primary N) is 1. The van der Waals surface area contributed by atoms with Crippen LogP contribution in [0.4, 0.5) is 14.5 Å². The Labute approximate surface area is 168 Å². The Balaban J connectivity index is 2.05. The highest BCUT2D eigenvalue weighted by Gasteiger charge is 2.49. The maximum Gasteiger partial charge on any atom is 0.387 e. The molecule has 3 N–H and O–H groups in total. The van der Waals surface area contributed by atoms with Crippen LogP contribution in [0.2, 0.25) is 0 Å². The minimum atomic E-state index is -2.92. The number of ether oxygens (including phenoxy) is 1. The summed E-state index contributed by atoms with van der Waals surface area (Å²) < 4.78 is 29.4. The number of likely N-dealkylation sites (N-methyl/N-ethyl adjacent to an activating group) is 1. The van der Waals surface area contributed by atoms with E-state index in [0.29, 0.717) is 11.1 Å². The molecule has 0 saturated carbocycles. The van der Waals surface area contributed by atoms with Gasteiger partial charge in [-0.25, -0.2) is 4.99 Å². The lowest BCUT2D eigenvalue weighted by atomic mass is 9.82. The molecule has 0 aromatic heterocycles. The van der Waals surface area contributed by atoms with Gasteiger partial charge in [-0.05, 0) is 41.8 Å². The third-order valence-corrected chi connectivity index (χ3v) is 4.88. The minimum Gasteiger partial charge on any atom is -0.435 e. The number of aliphatic imine (C=N–C) groups is 1. The summed E-state index contributed by atoms with van der Waals surface area (Å²) >= 11 is 0. The molecule has 2 aromatic rings. The maximum atomic E-state index is 13.2. The fourth-order valence-corrected chi connectivity index (χ4v) is 3.33. The molecule has 0 aliphatic carbocycles. The molecule has 3 rings (SSSR count). The molecule has 1 aliphatic rings. The van der Waals surface area contributed by atoms with E-state index < -0.39 is 12.2 Å². The standard InChI is InChI=1S/C21H24F2N4O2/c1-3-4-12-25-16-7-5-6-15(13-16)21(18(28)27(2)20(24)26-21)14-8-10-17(11-9-14)29-19(22)23/h5-11,13,19,25H,3-4,12H2,1-2H3,(H2,24,26). The highest BCUT2D eigenvalue weighted by molar-refractivity contribution is 6.09. The Morgan fingerprint density at radius 2 is 1.93 bits per heavy atom. The van der Waals surface area contributed by atoms with Crippen molar-refractivity contribution < 1.29 is 18.3 Å². The number of hydrogen-bond acceptors (Lipinski definition) is 5. The summed E-state index contributed by atoms with van der Waals surface area (Å²) in [5, 5.41) is 3.34. The van der Waals surface area contributed by atoms with E-state index in [9.17, 15) is 13.6 Å². The van der Waals surface area contributed by atoms with E-state index in [1.165, 1.54) is 17.0 Å². The molecular weight excluding hydrogens is 378 g/mol. The van der Waals surface area contributed by atoms with Crippen LogP contribution in [-0.2, 0) is 10.3 Å². The van der Waals surface area contributed by atoms with Crippen LogP contribution in [0, 0.1) is 0 Å². The molecule has 0 radical (unpaired) electrons. The van der Waals surface area contributed by atoms with Crippen molar-refractivity contribution in [2.45, 2.75) is 31.9 Å². The quantitative estimate of drug-likeness (QED) is 0.662. The van der Waals surface area contributed by atoms with E-state index in [1.54, 1.807) is 19.2 Å². The molecular formula is C21H24F2N4O2. The van der Waals surface area contributed by atoms with Crippen LogP contribution in [0.5, 0.6) is 5.75 Å². The number of guanidine groups is 1. The average molecular weight is 402 g/mol. The monoisotopic (exact) mass is 402 g/mol. The van der Waals surface area contributed by atoms with Gasteiger partial charge < -0.3 is 15.8 Å². The lowest BCUT2D eigenvalue weighted by Crippen LogP contribution is -2.41. The van der Waals surface area contributed by atoms with E-state index in [1.807, 2.05) is 24.3 Å². The first-order valence-electron chi connectivity index (χ1n) is 9.41. The summed E-state index contributed by atoms with van der Waals surface area (Å²) in [6.07, 6.45) is 2.08. The molecule has 1 heterocycles. The fraction of sp³-hybridized carbons (Fsp3) is 0.333. The van der Waals surface area contributed by atoms with Crippen LogP contribution in [0.3, 0.4) is 0 Å². The topological polar surface area (TPSA) is 80.0 Å². The molecule has 0 bridgehead atoms. The zero-order valence-corrected chi connectivity index (χ0v) is 16.4. The van der Waals surface area contributed by atoms with E-state index in [-0.39, 0.29) is 17.6 Å². The lowest BCUT2D eigenvalue weighted by Gasteiger charge is -2.26. The molecule has 29 heavy (non-hydrogen) atoms. The molecule has 0 spiro atoms. The van der Waals surface area contributed by atoms with Crippen molar-refractivity contribution in [2.24, 2.45) is 10.7 Å². The first-order valence-corrected chi connectivity index (χ1v) is 9.41. The molecule has 1 atom stereocenters. The highest BCUT2D eigenvalue weighted by Crippen LogP contribution is 2.40. The highest BCUT2D eigenvalue weighted by atomic mass is 19.3. The van der Waals surface area contributed by atoms with Gasteiger partial charge in [0, 0.05) is 19.3 Å². The summed E-state index contributed by atoms with van der Waals surface area (Å²) in [7, 11) is 1.56. The number of hydrogen-bond donors (Lipinski definition) is 2. The largest absolute Gasteiger partial charge is 0.435 e. The first-order chi connectivity index (χ1) is 13.9. The lowest BCUT2D eigenvalue weighted by molar-refractivity contribution is -0.129. The number of amides is 1. The summed E-state index contributed by atoms with van der Waals surface area (Å²) in [5.41, 5.74) is 6.60. The van der Waals surface area contributed by atoms with Crippen molar-refractivity contribution in [3.8, 4) is 5.75 Å². The second-order valence-corrected chi connectivity index (χ2v) is 6.81. The molecule has 0 saturated heterocycles. The van der Waals surface area contributed by atoms with Crippen LogP contribution >= 0.6 is 0 Å². The van der Waals surface area contributed by atoms with Gasteiger partial charge in [0.25, 0.3) is 5.91 Å². The van der Waals surface area contributed by atoms with Gasteiger partial charge in [0.05, 0.1) is 0 Å². The minimum absolute atomic E-state index is 0.00429. The number of alkyl halides is 2. The zero-order chi connectivity index (χ0) is 21.0. The van der Waals surface area contributed by atoms with Crippen LogP contribution in [0.1, 0.15) is 30.9 Å². The number of halogens is 2. The van der Waals surface area contributed by atoms with Crippen molar-refractivity contribution >= 4 is 17.6 Å². The van der Waals surface area contributed by atoms with Crippen LogP contribution in [-0.4, -0.2) is 37.0 Å². The van der Waals surface area contributed by atoms with Crippen molar-refractivity contribution in [1.82, 2.24) is 4.90 Å². The third kappa shape index (κ3) is 4.01. The smallest absolute Gasteiger partial charge is 0.387 e. The van der Waals surface area contributed by atoms with Gasteiger partial charge in [-0.15, -0.1) is 0 Å². The van der Waals surface area contributed by atoms with Crippen LogP contribution in [0.25, 0.3) is 0 Å². The predicted molar refractivity (Wildman–Crippen MR) is 108 cm³/mol. The van der Waals surface area contributed by atoms with Crippen LogP contribution in [0.15, 0.2) is 53.5 Å². The number of carbonyl (C=O) groups is 1. The number of rotatable bonds is 8. The van der Waals surface area contributed by atoms with E-state index in [0.717, 1.165) is 25.1 Å². The molecule has 6 nitrogen and oxygen atoms in total. The van der Waals surface area contributed by atoms with Gasteiger partial charge in [0.2, 0.25) is 0 Å². The summed E-state index contributed by atoms with van der Waals surface area (Å²) in [6.45, 7) is -0.00106. The first kappa shape index (κ1) is 20.6. The Morgan fingerprint density at radius 1 is 1.21 bits per heavy atom. The summed E-state index contributed by atoms with van der Waals surface area (Å²) in [6, 6.07) is 13.3. The Kier molecular flexibility index (Phi) is 6.00. The molecule has 8 heteroatoms. The predicted octanol–water partition coefficient (Wildman–Crippen LogP) is 3.53. The van der Waals surface area contributed by atoms with Gasteiger partial charge >= 0.3 is 6.61 Å². The fourth-order valence-electron chi connectivity index (χ4n) is 3.33. The molecule has 0 fully saturated rings. The van der Waals surface area contributed by atoms with Crippen molar-refractivity contribution in [3.05, 3.63) is 59.7 Å².